The molecule has 1 aliphatic carbocycles. The molecule has 0 heterocycles. The van der Waals surface area contributed by atoms with Crippen LogP contribution in [-0.4, -0.2) is 56.2 Å². The highest BCUT2D eigenvalue weighted by Gasteiger charge is 2.33. The van der Waals surface area contributed by atoms with E-state index in [0.29, 0.717) is 24.4 Å². The summed E-state index contributed by atoms with van der Waals surface area (Å²) in [5.41, 5.74) is 0. The Morgan fingerprint density at radius 1 is 1.33 bits per heavy atom. The molecule has 108 valence electrons. The average Bonchev–Trinajstić information content (AvgIpc) is 2.24. The van der Waals surface area contributed by atoms with Gasteiger partial charge in [-0.1, -0.05) is 13.8 Å². The van der Waals surface area contributed by atoms with Gasteiger partial charge in [0, 0.05) is 18.8 Å². The zero-order valence-corrected chi connectivity index (χ0v) is 12.8. The van der Waals surface area contributed by atoms with E-state index in [-0.39, 0.29) is 11.9 Å². The quantitative estimate of drug-likeness (QED) is 0.819. The maximum absolute atomic E-state index is 11.2. The molecule has 1 saturated carbocycles. The van der Waals surface area contributed by atoms with Crippen molar-refractivity contribution in [2.24, 2.45) is 11.8 Å². The Hall–Kier alpha value is -0.130. The van der Waals surface area contributed by atoms with Crippen molar-refractivity contribution in [3.8, 4) is 0 Å². The van der Waals surface area contributed by atoms with Gasteiger partial charge in [0.25, 0.3) is 0 Å². The second-order valence-corrected chi connectivity index (χ2v) is 8.31. The highest BCUT2D eigenvalue weighted by Crippen LogP contribution is 2.33. The van der Waals surface area contributed by atoms with Crippen molar-refractivity contribution in [2.75, 3.05) is 25.6 Å². The molecule has 0 aliphatic heterocycles. The summed E-state index contributed by atoms with van der Waals surface area (Å²) in [5.74, 6) is 1.32. The van der Waals surface area contributed by atoms with Crippen LogP contribution in [0.2, 0.25) is 0 Å². The normalized spacial score (nSPS) is 30.1. The molecule has 3 atom stereocenters. The first kappa shape index (κ1) is 15.9. The molecule has 18 heavy (non-hydrogen) atoms. The maximum Gasteiger partial charge on any atom is 0.148 e. The molecular formula is C13H27NO3S. The van der Waals surface area contributed by atoms with E-state index in [0.717, 1.165) is 19.3 Å². The molecule has 0 radical (unpaired) electrons. The molecule has 0 aromatic heterocycles. The summed E-state index contributed by atoms with van der Waals surface area (Å²) in [6, 6.07) is 0.301. The smallest absolute Gasteiger partial charge is 0.148 e. The van der Waals surface area contributed by atoms with Crippen LogP contribution in [0.1, 0.15) is 33.1 Å². The molecule has 0 bridgehead atoms. The summed E-state index contributed by atoms with van der Waals surface area (Å²) in [6.07, 6.45) is 3.72. The van der Waals surface area contributed by atoms with Gasteiger partial charge in [-0.15, -0.1) is 0 Å². The average molecular weight is 277 g/mol. The van der Waals surface area contributed by atoms with E-state index in [1.807, 2.05) is 7.05 Å². The Morgan fingerprint density at radius 2 is 1.94 bits per heavy atom. The molecule has 0 amide bonds. The molecule has 3 unspecified atom stereocenters. The molecule has 5 heteroatoms. The lowest BCUT2D eigenvalue weighted by molar-refractivity contribution is 0.0245. The molecule has 4 nitrogen and oxygen atoms in total. The number of aliphatic hydroxyl groups excluding tert-OH is 1. The van der Waals surface area contributed by atoms with E-state index >= 15 is 0 Å². The van der Waals surface area contributed by atoms with Crippen LogP contribution in [-0.2, 0) is 9.84 Å². The number of aliphatic hydroxyl groups is 1. The fourth-order valence-electron chi connectivity index (χ4n) is 2.91. The molecular weight excluding hydrogens is 250 g/mol. The van der Waals surface area contributed by atoms with Gasteiger partial charge < -0.3 is 10.0 Å². The van der Waals surface area contributed by atoms with Crippen LogP contribution < -0.4 is 0 Å². The molecule has 1 aliphatic rings. The van der Waals surface area contributed by atoms with Gasteiger partial charge >= 0.3 is 0 Å². The second-order valence-electron chi connectivity index (χ2n) is 6.05. The van der Waals surface area contributed by atoms with Crippen LogP contribution in [0, 0.1) is 11.8 Å². The van der Waals surface area contributed by atoms with Crippen molar-refractivity contribution < 1.29 is 13.5 Å². The van der Waals surface area contributed by atoms with E-state index < -0.39 is 9.84 Å². The molecule has 0 spiro atoms. The third-order valence-corrected chi connectivity index (χ3v) is 5.00. The maximum atomic E-state index is 11.2. The zero-order chi connectivity index (χ0) is 13.9. The zero-order valence-electron chi connectivity index (χ0n) is 12.0. The van der Waals surface area contributed by atoms with Gasteiger partial charge in [0.15, 0.2) is 0 Å². The summed E-state index contributed by atoms with van der Waals surface area (Å²) in [5, 5.41) is 9.81. The minimum absolute atomic E-state index is 0.195. The van der Waals surface area contributed by atoms with Gasteiger partial charge in [-0.05, 0) is 38.1 Å². The van der Waals surface area contributed by atoms with Gasteiger partial charge in [-0.3, -0.25) is 0 Å². The van der Waals surface area contributed by atoms with Gasteiger partial charge in [0.05, 0.1) is 11.9 Å². The van der Waals surface area contributed by atoms with E-state index in [1.165, 1.54) is 6.26 Å². The van der Waals surface area contributed by atoms with Gasteiger partial charge in [-0.25, -0.2) is 8.42 Å². The van der Waals surface area contributed by atoms with E-state index in [4.69, 9.17) is 0 Å². The Balaban J connectivity index is 2.63. The highest BCUT2D eigenvalue weighted by molar-refractivity contribution is 7.90. The van der Waals surface area contributed by atoms with Gasteiger partial charge in [-0.2, -0.15) is 0 Å². The molecule has 0 saturated heterocycles. The molecule has 0 aromatic carbocycles. The van der Waals surface area contributed by atoms with Gasteiger partial charge in [0.1, 0.15) is 9.84 Å². The molecule has 1 rings (SSSR count). The van der Waals surface area contributed by atoms with Crippen LogP contribution in [0.5, 0.6) is 0 Å². The minimum atomic E-state index is -2.91. The first-order valence-electron chi connectivity index (χ1n) is 6.76. The van der Waals surface area contributed by atoms with Crippen molar-refractivity contribution in [3.63, 3.8) is 0 Å². The fraction of sp³-hybridized carbons (Fsp3) is 1.00. The minimum Gasteiger partial charge on any atom is -0.393 e. The molecule has 1 N–H and O–H groups in total. The first-order valence-corrected chi connectivity index (χ1v) is 8.82. The Labute approximate surface area is 111 Å². The standard InChI is InChI=1S/C13H27NO3S/c1-10(2)12-6-5-11(15)9-13(12)14(3)7-8-18(4,16)17/h10-13,15H,5-9H2,1-4H3. The van der Waals surface area contributed by atoms with Crippen molar-refractivity contribution in [2.45, 2.75) is 45.3 Å². The van der Waals surface area contributed by atoms with E-state index in [1.54, 1.807) is 0 Å². The topological polar surface area (TPSA) is 57.6 Å². The Kier molecular flexibility index (Phi) is 5.62. The Morgan fingerprint density at radius 3 is 2.44 bits per heavy atom. The second kappa shape index (κ2) is 6.35. The van der Waals surface area contributed by atoms with Crippen molar-refractivity contribution in [1.29, 1.82) is 0 Å². The van der Waals surface area contributed by atoms with E-state index in [2.05, 4.69) is 18.7 Å². The lowest BCUT2D eigenvalue weighted by atomic mass is 9.76. The summed E-state index contributed by atoms with van der Waals surface area (Å²) >= 11 is 0. The van der Waals surface area contributed by atoms with Crippen LogP contribution >= 0.6 is 0 Å². The molecule has 0 aromatic rings. The van der Waals surface area contributed by atoms with Crippen LogP contribution in [0.15, 0.2) is 0 Å². The number of hydrogen-bond donors (Lipinski definition) is 1. The lowest BCUT2D eigenvalue weighted by Crippen LogP contribution is -2.46. The van der Waals surface area contributed by atoms with Crippen LogP contribution in [0.3, 0.4) is 0 Å². The van der Waals surface area contributed by atoms with Crippen molar-refractivity contribution in [1.82, 2.24) is 4.90 Å². The van der Waals surface area contributed by atoms with Gasteiger partial charge in [0.2, 0.25) is 0 Å². The SMILES string of the molecule is CC(C)C1CCC(O)CC1N(C)CCS(C)(=O)=O. The number of rotatable bonds is 5. The van der Waals surface area contributed by atoms with Crippen molar-refractivity contribution >= 4 is 9.84 Å². The monoisotopic (exact) mass is 277 g/mol. The fourth-order valence-corrected chi connectivity index (χ4v) is 3.53. The summed E-state index contributed by atoms with van der Waals surface area (Å²) in [6.45, 7) is 4.97. The molecule has 1 fully saturated rings. The third kappa shape index (κ3) is 4.86. The van der Waals surface area contributed by atoms with Crippen LogP contribution in [0.25, 0.3) is 0 Å². The predicted molar refractivity (Wildman–Crippen MR) is 74.3 cm³/mol. The highest BCUT2D eigenvalue weighted by atomic mass is 32.2. The van der Waals surface area contributed by atoms with Crippen LogP contribution in [0.4, 0.5) is 0 Å². The summed E-state index contributed by atoms with van der Waals surface area (Å²) in [4.78, 5) is 2.12. The summed E-state index contributed by atoms with van der Waals surface area (Å²) in [7, 11) is -0.938. The first-order chi connectivity index (χ1) is 8.20. The van der Waals surface area contributed by atoms with E-state index in [9.17, 15) is 13.5 Å². The number of sulfone groups is 1. The number of hydrogen-bond acceptors (Lipinski definition) is 4. The lowest BCUT2D eigenvalue weighted by Gasteiger charge is -2.41. The predicted octanol–water partition coefficient (Wildman–Crippen LogP) is 1.15. The van der Waals surface area contributed by atoms with Crippen molar-refractivity contribution in [3.05, 3.63) is 0 Å². The third-order valence-electron chi connectivity index (χ3n) is 4.08. The largest absolute Gasteiger partial charge is 0.393 e. The Bertz CT molecular complexity index is 353. The summed E-state index contributed by atoms with van der Waals surface area (Å²) < 4.78 is 22.4. The number of nitrogens with zero attached hydrogens (tertiary/aromatic N) is 1.